The van der Waals surface area contributed by atoms with Crippen LogP contribution in [0.5, 0.6) is 11.5 Å². The zero-order valence-electron chi connectivity index (χ0n) is 11.7. The van der Waals surface area contributed by atoms with E-state index in [4.69, 9.17) is 15.2 Å². The first-order valence-corrected chi connectivity index (χ1v) is 6.45. The summed E-state index contributed by atoms with van der Waals surface area (Å²) in [5, 5.41) is 3.23. The van der Waals surface area contributed by atoms with E-state index in [0.29, 0.717) is 18.7 Å². The van der Waals surface area contributed by atoms with Gasteiger partial charge in [-0.2, -0.15) is 0 Å². The molecule has 0 saturated heterocycles. The minimum atomic E-state index is -0.603. The molecule has 0 spiro atoms. The molecule has 0 saturated carbocycles. The predicted molar refractivity (Wildman–Crippen MR) is 74.3 cm³/mol. The summed E-state index contributed by atoms with van der Waals surface area (Å²) >= 11 is 0. The Balaban J connectivity index is 2.93. The first-order valence-electron chi connectivity index (χ1n) is 6.45. The maximum Gasteiger partial charge on any atom is 0.258 e. The second-order valence-electron chi connectivity index (χ2n) is 4.17. The molecule has 19 heavy (non-hydrogen) atoms. The van der Waals surface area contributed by atoms with Crippen molar-refractivity contribution in [3.8, 4) is 11.5 Å². The Bertz CT molecular complexity index is 421. The van der Waals surface area contributed by atoms with Gasteiger partial charge >= 0.3 is 0 Å². The maximum atomic E-state index is 11.2. The van der Waals surface area contributed by atoms with E-state index in [9.17, 15) is 4.79 Å². The molecule has 0 bridgehead atoms. The normalized spacial score (nSPS) is 11.9. The standard InChI is InChI=1S/C14H22N2O3/c1-4-12(14(15)17)19-13-7-6-11(18-3)8-10(13)9-16-5-2/h6-8,12,16H,4-5,9H2,1-3H3,(H2,15,17). The quantitative estimate of drug-likeness (QED) is 0.747. The van der Waals surface area contributed by atoms with Gasteiger partial charge in [-0.1, -0.05) is 13.8 Å². The average molecular weight is 266 g/mol. The molecule has 0 fully saturated rings. The van der Waals surface area contributed by atoms with E-state index in [0.717, 1.165) is 17.9 Å². The summed E-state index contributed by atoms with van der Waals surface area (Å²) in [6.45, 7) is 5.39. The van der Waals surface area contributed by atoms with Crippen LogP contribution in [-0.2, 0) is 11.3 Å². The summed E-state index contributed by atoms with van der Waals surface area (Å²) in [6, 6.07) is 5.50. The van der Waals surface area contributed by atoms with Crippen molar-refractivity contribution in [2.24, 2.45) is 5.73 Å². The third kappa shape index (κ3) is 4.44. The topological polar surface area (TPSA) is 73.6 Å². The molecule has 0 heterocycles. The molecule has 1 amide bonds. The van der Waals surface area contributed by atoms with Crippen molar-refractivity contribution in [2.75, 3.05) is 13.7 Å². The Hall–Kier alpha value is -1.75. The molecular weight excluding hydrogens is 244 g/mol. The van der Waals surface area contributed by atoms with Gasteiger partial charge in [0.05, 0.1) is 7.11 Å². The van der Waals surface area contributed by atoms with Crippen LogP contribution in [-0.4, -0.2) is 25.7 Å². The van der Waals surface area contributed by atoms with Gasteiger partial charge in [0.15, 0.2) is 6.10 Å². The van der Waals surface area contributed by atoms with E-state index in [1.54, 1.807) is 19.2 Å². The van der Waals surface area contributed by atoms with Crippen molar-refractivity contribution in [3.05, 3.63) is 23.8 Å². The molecule has 5 nitrogen and oxygen atoms in total. The van der Waals surface area contributed by atoms with Crippen LogP contribution in [0.2, 0.25) is 0 Å². The molecule has 0 aliphatic carbocycles. The third-order valence-corrected chi connectivity index (χ3v) is 2.79. The fraction of sp³-hybridized carbons (Fsp3) is 0.500. The number of nitrogens with two attached hydrogens (primary N) is 1. The maximum absolute atomic E-state index is 11.2. The van der Waals surface area contributed by atoms with Crippen molar-refractivity contribution in [3.63, 3.8) is 0 Å². The van der Waals surface area contributed by atoms with Crippen LogP contribution in [0.25, 0.3) is 0 Å². The van der Waals surface area contributed by atoms with Crippen molar-refractivity contribution >= 4 is 5.91 Å². The Kier molecular flexibility index (Phi) is 6.15. The highest BCUT2D eigenvalue weighted by molar-refractivity contribution is 5.79. The molecule has 0 radical (unpaired) electrons. The average Bonchev–Trinajstić information content (AvgIpc) is 2.42. The monoisotopic (exact) mass is 266 g/mol. The Morgan fingerprint density at radius 3 is 2.68 bits per heavy atom. The predicted octanol–water partition coefficient (Wildman–Crippen LogP) is 1.45. The zero-order chi connectivity index (χ0) is 14.3. The molecule has 106 valence electrons. The summed E-state index contributed by atoms with van der Waals surface area (Å²) in [7, 11) is 1.62. The number of ether oxygens (including phenoxy) is 2. The molecule has 1 aromatic rings. The number of rotatable bonds is 8. The van der Waals surface area contributed by atoms with Crippen LogP contribution in [0.4, 0.5) is 0 Å². The molecule has 0 aromatic heterocycles. The van der Waals surface area contributed by atoms with Crippen molar-refractivity contribution < 1.29 is 14.3 Å². The van der Waals surface area contributed by atoms with Crippen LogP contribution in [0.15, 0.2) is 18.2 Å². The lowest BCUT2D eigenvalue weighted by atomic mass is 10.1. The van der Waals surface area contributed by atoms with Crippen LogP contribution >= 0.6 is 0 Å². The van der Waals surface area contributed by atoms with E-state index in [-0.39, 0.29) is 0 Å². The van der Waals surface area contributed by atoms with E-state index in [1.165, 1.54) is 0 Å². The molecule has 0 aliphatic heterocycles. The highest BCUT2D eigenvalue weighted by Gasteiger charge is 2.16. The lowest BCUT2D eigenvalue weighted by molar-refractivity contribution is -0.124. The SMILES string of the molecule is CCNCc1cc(OC)ccc1OC(CC)C(N)=O. The number of primary amides is 1. The van der Waals surface area contributed by atoms with Crippen molar-refractivity contribution in [1.82, 2.24) is 5.32 Å². The number of nitrogens with one attached hydrogen (secondary N) is 1. The summed E-state index contributed by atoms with van der Waals surface area (Å²) in [4.78, 5) is 11.2. The highest BCUT2D eigenvalue weighted by Crippen LogP contribution is 2.25. The fourth-order valence-electron chi connectivity index (χ4n) is 1.69. The van der Waals surface area contributed by atoms with Gasteiger partial charge in [0.2, 0.25) is 0 Å². The summed E-state index contributed by atoms with van der Waals surface area (Å²) in [6.07, 6.45) is -0.0593. The fourth-order valence-corrected chi connectivity index (χ4v) is 1.69. The second kappa shape index (κ2) is 7.63. The third-order valence-electron chi connectivity index (χ3n) is 2.79. The molecule has 3 N–H and O–H groups in total. The van der Waals surface area contributed by atoms with Crippen molar-refractivity contribution in [1.29, 1.82) is 0 Å². The van der Waals surface area contributed by atoms with Gasteiger partial charge in [0.1, 0.15) is 11.5 Å². The minimum Gasteiger partial charge on any atom is -0.497 e. The first kappa shape index (κ1) is 15.3. The van der Waals surface area contributed by atoms with E-state index < -0.39 is 12.0 Å². The van der Waals surface area contributed by atoms with Gasteiger partial charge in [0.25, 0.3) is 5.91 Å². The number of amides is 1. The summed E-state index contributed by atoms with van der Waals surface area (Å²) < 4.78 is 10.9. The van der Waals surface area contributed by atoms with Gasteiger partial charge in [-0.3, -0.25) is 4.79 Å². The van der Waals surface area contributed by atoms with Gasteiger partial charge in [-0.25, -0.2) is 0 Å². The molecular formula is C14H22N2O3. The Labute approximate surface area is 114 Å². The van der Waals surface area contributed by atoms with E-state index >= 15 is 0 Å². The summed E-state index contributed by atoms with van der Waals surface area (Å²) in [5.41, 5.74) is 6.24. The zero-order valence-corrected chi connectivity index (χ0v) is 11.7. The Morgan fingerprint density at radius 2 is 2.16 bits per heavy atom. The number of hydrogen-bond donors (Lipinski definition) is 2. The van der Waals surface area contributed by atoms with Gasteiger partial charge < -0.3 is 20.5 Å². The van der Waals surface area contributed by atoms with Gasteiger partial charge in [0, 0.05) is 12.1 Å². The van der Waals surface area contributed by atoms with Crippen LogP contribution < -0.4 is 20.5 Å². The number of methoxy groups -OCH3 is 1. The molecule has 1 atom stereocenters. The molecule has 1 rings (SSSR count). The van der Waals surface area contributed by atoms with Crippen LogP contribution in [0, 0.1) is 0 Å². The highest BCUT2D eigenvalue weighted by atomic mass is 16.5. The smallest absolute Gasteiger partial charge is 0.258 e. The Morgan fingerprint density at radius 1 is 1.42 bits per heavy atom. The lowest BCUT2D eigenvalue weighted by Crippen LogP contribution is -2.33. The van der Waals surface area contributed by atoms with Gasteiger partial charge in [-0.15, -0.1) is 0 Å². The number of carbonyl (C=O) groups excluding carboxylic acids is 1. The van der Waals surface area contributed by atoms with E-state index in [2.05, 4.69) is 5.32 Å². The van der Waals surface area contributed by atoms with Crippen LogP contribution in [0.3, 0.4) is 0 Å². The summed E-state index contributed by atoms with van der Waals surface area (Å²) in [5.74, 6) is 0.965. The van der Waals surface area contributed by atoms with Gasteiger partial charge in [-0.05, 0) is 31.2 Å². The molecule has 1 unspecified atom stereocenters. The largest absolute Gasteiger partial charge is 0.497 e. The first-order chi connectivity index (χ1) is 9.12. The van der Waals surface area contributed by atoms with Crippen LogP contribution in [0.1, 0.15) is 25.8 Å². The van der Waals surface area contributed by atoms with E-state index in [1.807, 2.05) is 19.9 Å². The second-order valence-corrected chi connectivity index (χ2v) is 4.17. The molecule has 0 aliphatic rings. The number of benzene rings is 1. The molecule has 5 heteroatoms. The lowest BCUT2D eigenvalue weighted by Gasteiger charge is -2.18. The number of hydrogen-bond acceptors (Lipinski definition) is 4. The minimum absolute atomic E-state index is 0.451. The molecule has 1 aromatic carbocycles. The number of carbonyl (C=O) groups is 1. The van der Waals surface area contributed by atoms with Crippen molar-refractivity contribution in [2.45, 2.75) is 32.9 Å².